The zero-order valence-electron chi connectivity index (χ0n) is 8.55. The van der Waals surface area contributed by atoms with Crippen molar-refractivity contribution in [3.8, 4) is 0 Å². The zero-order chi connectivity index (χ0) is 11.7. The number of nitrogens with two attached hydrogens (primary N) is 1. The van der Waals surface area contributed by atoms with Crippen LogP contribution in [0, 0.1) is 0 Å². The highest BCUT2D eigenvalue weighted by Crippen LogP contribution is 2.33. The number of aliphatic carboxylic acids is 1. The number of carbonyl (C=O) groups excluding carboxylic acids is 1. The number of carboxylic acid groups (broad SMARTS) is 1. The highest BCUT2D eigenvalue weighted by atomic mass is 32.1. The van der Waals surface area contributed by atoms with Gasteiger partial charge in [0.05, 0.1) is 6.54 Å². The van der Waals surface area contributed by atoms with Crippen molar-refractivity contribution in [2.45, 2.75) is 12.5 Å². The molecule has 1 unspecified atom stereocenters. The average Bonchev–Trinajstić information content (AvgIpc) is 2.73. The van der Waals surface area contributed by atoms with Crippen molar-refractivity contribution in [2.24, 2.45) is 5.73 Å². The van der Waals surface area contributed by atoms with Crippen molar-refractivity contribution in [3.05, 3.63) is 21.9 Å². The van der Waals surface area contributed by atoms with Crippen molar-refractivity contribution in [1.82, 2.24) is 4.90 Å². The summed E-state index contributed by atoms with van der Waals surface area (Å²) < 4.78 is 0. The quantitative estimate of drug-likeness (QED) is 0.774. The Labute approximate surface area is 96.5 Å². The Kier molecular flexibility index (Phi) is 2.93. The third kappa shape index (κ3) is 1.70. The summed E-state index contributed by atoms with van der Waals surface area (Å²) in [5.41, 5.74) is 6.01. The number of hydrogen-bond donors (Lipinski definition) is 2. The number of thiophene rings is 1. The van der Waals surface area contributed by atoms with E-state index in [0.29, 0.717) is 13.0 Å². The molecule has 0 saturated carbocycles. The number of nitrogens with zero attached hydrogens (tertiary/aromatic N) is 1. The Morgan fingerprint density at radius 2 is 2.38 bits per heavy atom. The fourth-order valence-corrected chi connectivity index (χ4v) is 2.87. The zero-order valence-corrected chi connectivity index (χ0v) is 9.37. The molecule has 0 radical (unpaired) electrons. The van der Waals surface area contributed by atoms with Crippen LogP contribution < -0.4 is 5.73 Å². The summed E-state index contributed by atoms with van der Waals surface area (Å²) in [7, 11) is 0. The molecule has 0 bridgehead atoms. The van der Waals surface area contributed by atoms with Crippen LogP contribution >= 0.6 is 11.3 Å². The summed E-state index contributed by atoms with van der Waals surface area (Å²) in [5, 5.41) is 11.0. The molecule has 1 amide bonds. The first kappa shape index (κ1) is 11.1. The molecule has 2 heterocycles. The number of fused-ring (bicyclic) bond motifs is 1. The summed E-state index contributed by atoms with van der Waals surface area (Å²) in [5.74, 6) is -1.31. The van der Waals surface area contributed by atoms with Gasteiger partial charge in [0.15, 0.2) is 6.04 Å². The molecule has 1 aromatic rings. The second kappa shape index (κ2) is 4.23. The normalized spacial score (nSPS) is 19.3. The molecule has 1 aromatic heterocycles. The monoisotopic (exact) mass is 240 g/mol. The predicted molar refractivity (Wildman–Crippen MR) is 59.2 cm³/mol. The van der Waals surface area contributed by atoms with E-state index in [0.717, 1.165) is 10.4 Å². The van der Waals surface area contributed by atoms with E-state index in [1.54, 1.807) is 6.07 Å². The van der Waals surface area contributed by atoms with Crippen LogP contribution in [0.2, 0.25) is 0 Å². The second-order valence-corrected chi connectivity index (χ2v) is 4.58. The fraction of sp³-hybridized carbons (Fsp3) is 0.400. The molecular weight excluding hydrogens is 228 g/mol. The van der Waals surface area contributed by atoms with Gasteiger partial charge in [0.2, 0.25) is 5.91 Å². The summed E-state index contributed by atoms with van der Waals surface area (Å²) >= 11 is 1.54. The van der Waals surface area contributed by atoms with Crippen LogP contribution in [-0.4, -0.2) is 35.0 Å². The minimum absolute atomic E-state index is 0.150. The van der Waals surface area contributed by atoms with E-state index >= 15 is 0 Å². The number of carbonyl (C=O) groups is 2. The van der Waals surface area contributed by atoms with Gasteiger partial charge in [0.1, 0.15) is 0 Å². The lowest BCUT2D eigenvalue weighted by molar-refractivity contribution is -0.150. The minimum atomic E-state index is -0.999. The topological polar surface area (TPSA) is 83.6 Å². The Morgan fingerprint density at radius 1 is 1.62 bits per heavy atom. The predicted octanol–water partition coefficient (Wildman–Crippen LogP) is 0.217. The van der Waals surface area contributed by atoms with E-state index in [4.69, 9.17) is 5.73 Å². The Bertz CT molecular complexity index is 429. The summed E-state index contributed by atoms with van der Waals surface area (Å²) in [6.07, 6.45) is 0.711. The molecule has 0 aromatic carbocycles. The number of hydrogen-bond acceptors (Lipinski definition) is 4. The first-order valence-electron chi connectivity index (χ1n) is 4.93. The molecule has 0 saturated heterocycles. The third-order valence-corrected chi connectivity index (χ3v) is 3.69. The van der Waals surface area contributed by atoms with Gasteiger partial charge in [-0.2, -0.15) is 0 Å². The van der Waals surface area contributed by atoms with Gasteiger partial charge in [0.25, 0.3) is 0 Å². The molecule has 86 valence electrons. The molecule has 6 heteroatoms. The van der Waals surface area contributed by atoms with Gasteiger partial charge in [-0.25, -0.2) is 4.79 Å². The maximum Gasteiger partial charge on any atom is 0.331 e. The second-order valence-electron chi connectivity index (χ2n) is 3.58. The first-order valence-corrected chi connectivity index (χ1v) is 5.81. The number of carboxylic acids is 1. The van der Waals surface area contributed by atoms with Gasteiger partial charge in [-0.3, -0.25) is 4.79 Å². The summed E-state index contributed by atoms with van der Waals surface area (Å²) in [6, 6.07) is 0.903. The van der Waals surface area contributed by atoms with Crippen molar-refractivity contribution in [1.29, 1.82) is 0 Å². The standard InChI is InChI=1S/C10H12N2O3S/c11-5-8(13)12-3-1-7-6(2-4-16-7)9(12)10(14)15/h2,4,9H,1,3,5,11H2,(H,14,15). The van der Waals surface area contributed by atoms with Gasteiger partial charge in [0, 0.05) is 11.4 Å². The number of amides is 1. The molecule has 5 nitrogen and oxygen atoms in total. The largest absolute Gasteiger partial charge is 0.479 e. The summed E-state index contributed by atoms with van der Waals surface area (Å²) in [4.78, 5) is 25.2. The minimum Gasteiger partial charge on any atom is -0.479 e. The van der Waals surface area contributed by atoms with Crippen LogP contribution in [0.5, 0.6) is 0 Å². The molecular formula is C10H12N2O3S. The molecule has 0 aliphatic carbocycles. The van der Waals surface area contributed by atoms with Gasteiger partial charge in [-0.1, -0.05) is 0 Å². The summed E-state index contributed by atoms with van der Waals surface area (Å²) in [6.45, 7) is 0.282. The third-order valence-electron chi connectivity index (χ3n) is 2.69. The van der Waals surface area contributed by atoms with E-state index in [-0.39, 0.29) is 12.5 Å². The van der Waals surface area contributed by atoms with Gasteiger partial charge in [-0.15, -0.1) is 11.3 Å². The first-order chi connectivity index (χ1) is 7.65. The van der Waals surface area contributed by atoms with Crippen LogP contribution in [0.1, 0.15) is 16.5 Å². The highest BCUT2D eigenvalue weighted by molar-refractivity contribution is 7.10. The lowest BCUT2D eigenvalue weighted by atomic mass is 10.00. The van der Waals surface area contributed by atoms with Crippen molar-refractivity contribution >= 4 is 23.2 Å². The average molecular weight is 240 g/mol. The molecule has 1 aliphatic rings. The van der Waals surface area contributed by atoms with Crippen LogP contribution in [0.3, 0.4) is 0 Å². The maximum absolute atomic E-state index is 11.6. The SMILES string of the molecule is NCC(=O)N1CCc2sccc2C1C(=O)O. The molecule has 16 heavy (non-hydrogen) atoms. The van der Waals surface area contributed by atoms with Crippen molar-refractivity contribution < 1.29 is 14.7 Å². The molecule has 2 rings (SSSR count). The molecule has 1 aliphatic heterocycles. The van der Waals surface area contributed by atoms with Crippen LogP contribution in [-0.2, 0) is 16.0 Å². The van der Waals surface area contributed by atoms with Gasteiger partial charge >= 0.3 is 5.97 Å². The molecule has 1 atom stereocenters. The van der Waals surface area contributed by atoms with E-state index < -0.39 is 12.0 Å². The van der Waals surface area contributed by atoms with Gasteiger partial charge < -0.3 is 15.7 Å². The van der Waals surface area contributed by atoms with Crippen molar-refractivity contribution in [3.63, 3.8) is 0 Å². The van der Waals surface area contributed by atoms with E-state index in [1.807, 2.05) is 5.38 Å². The smallest absolute Gasteiger partial charge is 0.331 e. The van der Waals surface area contributed by atoms with E-state index in [1.165, 1.54) is 16.2 Å². The maximum atomic E-state index is 11.6. The molecule has 0 spiro atoms. The van der Waals surface area contributed by atoms with Crippen LogP contribution in [0.15, 0.2) is 11.4 Å². The Morgan fingerprint density at radius 3 is 3.00 bits per heavy atom. The highest BCUT2D eigenvalue weighted by Gasteiger charge is 2.35. The van der Waals surface area contributed by atoms with Crippen LogP contribution in [0.4, 0.5) is 0 Å². The molecule has 0 fully saturated rings. The molecule has 3 N–H and O–H groups in total. The van der Waals surface area contributed by atoms with E-state index in [2.05, 4.69) is 0 Å². The van der Waals surface area contributed by atoms with E-state index in [9.17, 15) is 14.7 Å². The lowest BCUT2D eigenvalue weighted by Crippen LogP contribution is -2.45. The lowest BCUT2D eigenvalue weighted by Gasteiger charge is -2.32. The van der Waals surface area contributed by atoms with Gasteiger partial charge in [-0.05, 0) is 23.4 Å². The Balaban J connectivity index is 2.38. The van der Waals surface area contributed by atoms with Crippen molar-refractivity contribution in [2.75, 3.05) is 13.1 Å². The number of rotatable bonds is 2. The van der Waals surface area contributed by atoms with Crippen LogP contribution in [0.25, 0.3) is 0 Å². The fourth-order valence-electron chi connectivity index (χ4n) is 1.97. The Hall–Kier alpha value is -1.40.